The highest BCUT2D eigenvalue weighted by Crippen LogP contribution is 2.29. The maximum absolute atomic E-state index is 12.8. The average molecular weight is 435 g/mol. The molecule has 0 spiro atoms. The largest absolute Gasteiger partial charge is 0.496 e. The molecule has 0 saturated heterocycles. The summed E-state index contributed by atoms with van der Waals surface area (Å²) >= 11 is 0. The van der Waals surface area contributed by atoms with E-state index in [1.165, 1.54) is 19.2 Å². The number of amides is 1. The van der Waals surface area contributed by atoms with Gasteiger partial charge in [-0.3, -0.25) is 4.79 Å². The van der Waals surface area contributed by atoms with E-state index in [-0.39, 0.29) is 5.56 Å². The number of carbonyl (C=O) groups excluding carboxylic acids is 1. The zero-order chi connectivity index (χ0) is 21.9. The minimum atomic E-state index is -4.73. The second-order valence-electron chi connectivity index (χ2n) is 6.37. The van der Waals surface area contributed by atoms with Crippen LogP contribution in [0.1, 0.15) is 27.8 Å². The van der Waals surface area contributed by atoms with Crippen molar-refractivity contribution in [1.82, 2.24) is 14.9 Å². The molecule has 3 aromatic rings. The van der Waals surface area contributed by atoms with E-state index < -0.39 is 32.4 Å². The van der Waals surface area contributed by atoms with E-state index >= 15 is 0 Å². The van der Waals surface area contributed by atoms with Crippen molar-refractivity contribution in [2.24, 2.45) is 7.05 Å². The average Bonchev–Trinajstić information content (AvgIpc) is 3.17. The topological polar surface area (TPSA) is 90.3 Å². The van der Waals surface area contributed by atoms with Crippen LogP contribution in [0.3, 0.4) is 0 Å². The zero-order valence-corrected chi connectivity index (χ0v) is 16.9. The fourth-order valence-corrected chi connectivity index (χ4v) is 3.68. The molecule has 7 nitrogen and oxygen atoms in total. The normalized spacial score (nSPS) is 12.6. The van der Waals surface area contributed by atoms with Crippen LogP contribution in [0.2, 0.25) is 0 Å². The first-order valence-electron chi connectivity index (χ1n) is 8.78. The number of imidazole rings is 1. The summed E-state index contributed by atoms with van der Waals surface area (Å²) in [6, 6.07) is 10.8. The van der Waals surface area contributed by atoms with Gasteiger partial charge in [-0.2, -0.15) is 8.78 Å². The van der Waals surface area contributed by atoms with E-state index in [0.29, 0.717) is 17.1 Å². The number of alkyl halides is 2. The van der Waals surface area contributed by atoms with Gasteiger partial charge in [0, 0.05) is 30.6 Å². The number of aryl methyl sites for hydroxylation is 1. The third-order valence-corrected chi connectivity index (χ3v) is 5.92. The van der Waals surface area contributed by atoms with E-state index in [2.05, 4.69) is 10.3 Å². The van der Waals surface area contributed by atoms with Gasteiger partial charge in [0.2, 0.25) is 9.84 Å². The molecule has 0 radical (unpaired) electrons. The highest BCUT2D eigenvalue weighted by molar-refractivity contribution is 7.91. The number of ether oxygens (including phenoxy) is 1. The zero-order valence-electron chi connectivity index (χ0n) is 16.1. The molecule has 0 saturated carbocycles. The summed E-state index contributed by atoms with van der Waals surface area (Å²) in [6.07, 6.45) is 3.32. The fraction of sp³-hybridized carbons (Fsp3) is 0.200. The van der Waals surface area contributed by atoms with E-state index in [4.69, 9.17) is 4.74 Å². The lowest BCUT2D eigenvalue weighted by molar-refractivity contribution is 0.0940. The third kappa shape index (κ3) is 4.18. The minimum absolute atomic E-state index is 0.109. The number of rotatable bonds is 7. The molecule has 0 bridgehead atoms. The van der Waals surface area contributed by atoms with Gasteiger partial charge in [0.05, 0.1) is 12.0 Å². The van der Waals surface area contributed by atoms with Gasteiger partial charge in [-0.25, -0.2) is 13.4 Å². The van der Waals surface area contributed by atoms with Gasteiger partial charge in [-0.15, -0.1) is 0 Å². The molecule has 1 amide bonds. The number of benzene rings is 2. The first kappa shape index (κ1) is 21.4. The molecule has 0 aliphatic rings. The minimum Gasteiger partial charge on any atom is -0.496 e. The molecule has 1 heterocycles. The lowest BCUT2D eigenvalue weighted by atomic mass is 10.0. The Labute approximate surface area is 172 Å². The maximum Gasteiger partial charge on any atom is 0.341 e. The van der Waals surface area contributed by atoms with Gasteiger partial charge in [0.15, 0.2) is 0 Å². The Morgan fingerprint density at radius 3 is 2.37 bits per heavy atom. The van der Waals surface area contributed by atoms with Crippen LogP contribution in [0, 0.1) is 0 Å². The molecular weight excluding hydrogens is 416 g/mol. The number of nitrogens with zero attached hydrogens (tertiary/aromatic N) is 2. The second kappa shape index (κ2) is 8.62. The molecule has 1 aromatic heterocycles. The first-order valence-corrected chi connectivity index (χ1v) is 10.3. The number of halogens is 2. The van der Waals surface area contributed by atoms with Crippen LogP contribution in [0.4, 0.5) is 8.78 Å². The van der Waals surface area contributed by atoms with Crippen molar-refractivity contribution in [2.45, 2.75) is 16.7 Å². The summed E-state index contributed by atoms with van der Waals surface area (Å²) in [5.41, 5.74) is 0.775. The number of sulfone groups is 1. The summed E-state index contributed by atoms with van der Waals surface area (Å²) in [4.78, 5) is 16.6. The SMILES string of the molecule is COc1ccccc1C(NC(=O)c1ccc(S(=O)(=O)C(F)F)cc1)c1nccn1C. The Kier molecular flexibility index (Phi) is 6.16. The molecular formula is C20H19F2N3O4S. The van der Waals surface area contributed by atoms with Gasteiger partial charge < -0.3 is 14.6 Å². The summed E-state index contributed by atoms with van der Waals surface area (Å²) in [5, 5.41) is 2.85. The Bertz CT molecular complexity index is 1140. The van der Waals surface area contributed by atoms with E-state index in [0.717, 1.165) is 12.1 Å². The van der Waals surface area contributed by atoms with E-state index in [9.17, 15) is 22.0 Å². The van der Waals surface area contributed by atoms with Crippen LogP contribution in [0.5, 0.6) is 5.75 Å². The third-order valence-electron chi connectivity index (χ3n) is 4.52. The molecule has 0 aliphatic carbocycles. The van der Waals surface area contributed by atoms with Crippen molar-refractivity contribution >= 4 is 15.7 Å². The predicted octanol–water partition coefficient (Wildman–Crippen LogP) is 2.94. The van der Waals surface area contributed by atoms with Crippen molar-refractivity contribution in [3.05, 3.63) is 77.9 Å². The van der Waals surface area contributed by atoms with Gasteiger partial charge in [-0.05, 0) is 30.3 Å². The maximum atomic E-state index is 12.8. The lowest BCUT2D eigenvalue weighted by Gasteiger charge is -2.21. The van der Waals surface area contributed by atoms with Gasteiger partial charge in [-0.1, -0.05) is 18.2 Å². The number of aromatic nitrogens is 2. The van der Waals surface area contributed by atoms with Crippen molar-refractivity contribution in [3.63, 3.8) is 0 Å². The Morgan fingerprint density at radius 1 is 1.13 bits per heavy atom. The first-order chi connectivity index (χ1) is 14.3. The van der Waals surface area contributed by atoms with Crippen molar-refractivity contribution in [3.8, 4) is 5.75 Å². The quantitative estimate of drug-likeness (QED) is 0.616. The lowest BCUT2D eigenvalue weighted by Crippen LogP contribution is -2.31. The van der Waals surface area contributed by atoms with Gasteiger partial charge in [0.1, 0.15) is 17.6 Å². The standard InChI is InChI=1S/C20H19F2N3O4S/c1-25-12-11-23-18(25)17(15-5-3-4-6-16(15)29-2)24-19(26)13-7-9-14(10-8-13)30(27,28)20(21)22/h3-12,17,20H,1-2H3,(H,24,26). The Balaban J connectivity index is 1.94. The molecule has 2 aromatic carbocycles. The summed E-state index contributed by atoms with van der Waals surface area (Å²) < 4.78 is 55.7. The van der Waals surface area contributed by atoms with E-state index in [1.54, 1.807) is 48.3 Å². The number of para-hydroxylation sites is 1. The molecule has 1 atom stereocenters. The van der Waals surface area contributed by atoms with Crippen LogP contribution < -0.4 is 10.1 Å². The molecule has 1 unspecified atom stereocenters. The van der Waals surface area contributed by atoms with Crippen LogP contribution >= 0.6 is 0 Å². The second-order valence-corrected chi connectivity index (χ2v) is 8.29. The van der Waals surface area contributed by atoms with Crippen molar-refractivity contribution in [1.29, 1.82) is 0 Å². The molecule has 30 heavy (non-hydrogen) atoms. The fourth-order valence-electron chi connectivity index (χ4n) is 2.95. The number of methoxy groups -OCH3 is 1. The molecule has 0 fully saturated rings. The molecule has 3 rings (SSSR count). The number of nitrogens with one attached hydrogen (secondary N) is 1. The van der Waals surface area contributed by atoms with Crippen molar-refractivity contribution < 1.29 is 26.7 Å². The smallest absolute Gasteiger partial charge is 0.341 e. The number of carbonyl (C=O) groups is 1. The van der Waals surface area contributed by atoms with Gasteiger partial charge >= 0.3 is 5.76 Å². The van der Waals surface area contributed by atoms with Crippen LogP contribution in [0.25, 0.3) is 0 Å². The number of hydrogen-bond donors (Lipinski definition) is 1. The summed E-state index contributed by atoms with van der Waals surface area (Å²) in [6.45, 7) is 0. The van der Waals surface area contributed by atoms with Crippen LogP contribution in [-0.4, -0.2) is 36.7 Å². The molecule has 10 heteroatoms. The van der Waals surface area contributed by atoms with E-state index in [1.807, 2.05) is 0 Å². The molecule has 1 N–H and O–H groups in total. The van der Waals surface area contributed by atoms with Crippen LogP contribution in [0.15, 0.2) is 65.8 Å². The highest BCUT2D eigenvalue weighted by atomic mass is 32.2. The monoisotopic (exact) mass is 435 g/mol. The summed E-state index contributed by atoms with van der Waals surface area (Å²) in [7, 11) is -1.44. The molecule has 0 aliphatic heterocycles. The molecule has 158 valence electrons. The Morgan fingerprint density at radius 2 is 1.80 bits per heavy atom. The summed E-state index contributed by atoms with van der Waals surface area (Å²) in [5.74, 6) is -2.97. The van der Waals surface area contributed by atoms with Gasteiger partial charge in [0.25, 0.3) is 5.91 Å². The highest BCUT2D eigenvalue weighted by Gasteiger charge is 2.27. The van der Waals surface area contributed by atoms with Crippen LogP contribution in [-0.2, 0) is 16.9 Å². The van der Waals surface area contributed by atoms with Crippen molar-refractivity contribution in [2.75, 3.05) is 7.11 Å². The Hall–Kier alpha value is -3.27. The number of hydrogen-bond acceptors (Lipinski definition) is 5. The predicted molar refractivity (Wildman–Crippen MR) is 105 cm³/mol.